The lowest BCUT2D eigenvalue weighted by atomic mass is 9.99. The highest BCUT2D eigenvalue weighted by molar-refractivity contribution is 5.76. The van der Waals surface area contributed by atoms with Crippen molar-refractivity contribution in [3.8, 4) is 0 Å². The van der Waals surface area contributed by atoms with Crippen LogP contribution < -0.4 is 0 Å². The standard InChI is InChI=1S/C27H36N2O/c1-21(2)17-25-15-16-26(18-22(3)4)29(20-24-13-9-6-10-14-24)27(30)28(25)19-23-11-7-5-8-12-23/h5-16,21-22,25-26H,17-20H2,1-4H3/t25-,26-/m1/s1. The first-order valence-electron chi connectivity index (χ1n) is 11.3. The molecule has 0 aromatic heterocycles. The molecule has 160 valence electrons. The second-order valence-electron chi connectivity index (χ2n) is 9.29. The van der Waals surface area contributed by atoms with Crippen molar-refractivity contribution in [1.82, 2.24) is 9.80 Å². The average molecular weight is 405 g/mol. The summed E-state index contributed by atoms with van der Waals surface area (Å²) in [6.45, 7) is 10.2. The van der Waals surface area contributed by atoms with Gasteiger partial charge in [0.2, 0.25) is 0 Å². The van der Waals surface area contributed by atoms with Gasteiger partial charge in [0, 0.05) is 13.1 Å². The molecule has 30 heavy (non-hydrogen) atoms. The molecule has 3 rings (SSSR count). The fourth-order valence-corrected chi connectivity index (χ4v) is 4.22. The fourth-order valence-electron chi connectivity index (χ4n) is 4.22. The Labute approximate surface area is 182 Å². The molecule has 0 N–H and O–H groups in total. The number of hydrogen-bond acceptors (Lipinski definition) is 1. The van der Waals surface area contributed by atoms with Crippen molar-refractivity contribution >= 4 is 6.03 Å². The maximum atomic E-state index is 13.9. The molecule has 0 fully saturated rings. The van der Waals surface area contributed by atoms with Crippen LogP contribution in [0.2, 0.25) is 0 Å². The first-order chi connectivity index (χ1) is 14.4. The number of rotatable bonds is 8. The molecular weight excluding hydrogens is 368 g/mol. The molecule has 0 aliphatic carbocycles. The van der Waals surface area contributed by atoms with Crippen molar-refractivity contribution in [2.24, 2.45) is 11.8 Å². The van der Waals surface area contributed by atoms with Crippen molar-refractivity contribution in [1.29, 1.82) is 0 Å². The Morgan fingerprint density at radius 2 is 1.03 bits per heavy atom. The summed E-state index contributed by atoms with van der Waals surface area (Å²) in [6.07, 6.45) is 6.53. The number of benzene rings is 2. The van der Waals surface area contributed by atoms with E-state index in [0.29, 0.717) is 24.9 Å². The summed E-state index contributed by atoms with van der Waals surface area (Å²) in [5.74, 6) is 1.05. The van der Waals surface area contributed by atoms with Crippen molar-refractivity contribution in [3.63, 3.8) is 0 Å². The number of urea groups is 1. The van der Waals surface area contributed by atoms with Gasteiger partial charge in [-0.05, 0) is 35.8 Å². The molecule has 0 radical (unpaired) electrons. The smallest absolute Gasteiger partial charge is 0.314 e. The van der Waals surface area contributed by atoms with Crippen LogP contribution in [0.5, 0.6) is 0 Å². The third-order valence-electron chi connectivity index (χ3n) is 5.66. The molecule has 0 saturated carbocycles. The fraction of sp³-hybridized carbons (Fsp3) is 0.444. The molecular formula is C27H36N2O. The lowest BCUT2D eigenvalue weighted by molar-refractivity contribution is 0.122. The van der Waals surface area contributed by atoms with Gasteiger partial charge in [0.25, 0.3) is 0 Å². The van der Waals surface area contributed by atoms with Gasteiger partial charge >= 0.3 is 6.03 Å². The number of carbonyl (C=O) groups is 1. The van der Waals surface area contributed by atoms with Crippen LogP contribution in [0.4, 0.5) is 4.79 Å². The molecule has 0 unspecified atom stereocenters. The maximum Gasteiger partial charge on any atom is 0.321 e. The highest BCUT2D eigenvalue weighted by Gasteiger charge is 2.33. The summed E-state index contributed by atoms with van der Waals surface area (Å²) >= 11 is 0. The first kappa shape index (κ1) is 22.1. The molecule has 3 heteroatoms. The van der Waals surface area contributed by atoms with E-state index in [9.17, 15) is 4.79 Å². The van der Waals surface area contributed by atoms with Crippen LogP contribution in [0, 0.1) is 11.8 Å². The van der Waals surface area contributed by atoms with E-state index in [0.717, 1.165) is 12.8 Å². The van der Waals surface area contributed by atoms with Gasteiger partial charge in [0.15, 0.2) is 0 Å². The molecule has 2 aromatic carbocycles. The monoisotopic (exact) mass is 404 g/mol. The van der Waals surface area contributed by atoms with Crippen LogP contribution in [0.15, 0.2) is 72.8 Å². The van der Waals surface area contributed by atoms with Gasteiger partial charge < -0.3 is 9.80 Å². The van der Waals surface area contributed by atoms with E-state index in [-0.39, 0.29) is 18.1 Å². The predicted molar refractivity (Wildman–Crippen MR) is 125 cm³/mol. The number of nitrogens with zero attached hydrogens (tertiary/aromatic N) is 2. The Bertz CT molecular complexity index is 746. The van der Waals surface area contributed by atoms with Gasteiger partial charge in [0.05, 0.1) is 12.1 Å². The van der Waals surface area contributed by atoms with Crippen LogP contribution in [0.1, 0.15) is 51.7 Å². The zero-order valence-electron chi connectivity index (χ0n) is 18.9. The molecule has 1 aliphatic heterocycles. The van der Waals surface area contributed by atoms with Gasteiger partial charge in [-0.15, -0.1) is 0 Å². The van der Waals surface area contributed by atoms with Crippen LogP contribution in [0.25, 0.3) is 0 Å². The van der Waals surface area contributed by atoms with Crippen LogP contribution in [0.3, 0.4) is 0 Å². The molecule has 1 aliphatic rings. The minimum atomic E-state index is 0.119. The van der Waals surface area contributed by atoms with Crippen LogP contribution >= 0.6 is 0 Å². The minimum absolute atomic E-state index is 0.119. The largest absolute Gasteiger partial charge is 0.321 e. The van der Waals surface area contributed by atoms with E-state index in [1.807, 2.05) is 36.4 Å². The summed E-state index contributed by atoms with van der Waals surface area (Å²) in [4.78, 5) is 18.1. The molecule has 2 amide bonds. The summed E-state index contributed by atoms with van der Waals surface area (Å²) in [7, 11) is 0. The normalized spacial score (nSPS) is 19.6. The van der Waals surface area contributed by atoms with E-state index in [1.54, 1.807) is 0 Å². The van der Waals surface area contributed by atoms with E-state index in [4.69, 9.17) is 0 Å². The predicted octanol–water partition coefficient (Wildman–Crippen LogP) is 6.51. The molecule has 2 atom stereocenters. The van der Waals surface area contributed by atoms with Gasteiger partial charge in [-0.3, -0.25) is 0 Å². The second-order valence-corrected chi connectivity index (χ2v) is 9.29. The molecule has 1 heterocycles. The maximum absolute atomic E-state index is 13.9. The van der Waals surface area contributed by atoms with E-state index < -0.39 is 0 Å². The first-order valence-corrected chi connectivity index (χ1v) is 11.3. The Morgan fingerprint density at radius 3 is 1.37 bits per heavy atom. The van der Waals surface area contributed by atoms with Gasteiger partial charge in [-0.1, -0.05) is 101 Å². The highest BCUT2D eigenvalue weighted by Crippen LogP contribution is 2.27. The number of carbonyl (C=O) groups excluding carboxylic acids is 1. The van der Waals surface area contributed by atoms with Gasteiger partial charge in [-0.2, -0.15) is 0 Å². The molecule has 0 bridgehead atoms. The summed E-state index contributed by atoms with van der Waals surface area (Å²) in [5, 5.41) is 0. The van der Waals surface area contributed by atoms with Gasteiger partial charge in [0.1, 0.15) is 0 Å². The Balaban J connectivity index is 1.95. The van der Waals surface area contributed by atoms with Crippen LogP contribution in [-0.2, 0) is 13.1 Å². The van der Waals surface area contributed by atoms with E-state index in [1.165, 1.54) is 11.1 Å². The highest BCUT2D eigenvalue weighted by atomic mass is 16.2. The lowest BCUT2D eigenvalue weighted by Crippen LogP contribution is -2.48. The zero-order chi connectivity index (χ0) is 21.5. The van der Waals surface area contributed by atoms with Crippen LogP contribution in [-0.4, -0.2) is 27.9 Å². The second kappa shape index (κ2) is 10.5. The third kappa shape index (κ3) is 5.98. The number of hydrogen-bond donors (Lipinski definition) is 0. The quantitative estimate of drug-likeness (QED) is 0.460. The molecule has 2 aromatic rings. The number of amides is 2. The molecule has 0 spiro atoms. The van der Waals surface area contributed by atoms with Crippen molar-refractivity contribution in [2.45, 2.75) is 65.7 Å². The van der Waals surface area contributed by atoms with Crippen molar-refractivity contribution in [3.05, 3.63) is 83.9 Å². The third-order valence-corrected chi connectivity index (χ3v) is 5.66. The summed E-state index contributed by atoms with van der Waals surface area (Å²) < 4.78 is 0. The lowest BCUT2D eigenvalue weighted by Gasteiger charge is -2.36. The van der Waals surface area contributed by atoms with Crippen molar-refractivity contribution < 1.29 is 4.79 Å². The van der Waals surface area contributed by atoms with Gasteiger partial charge in [-0.25, -0.2) is 4.79 Å². The average Bonchev–Trinajstić information content (AvgIpc) is 2.82. The summed E-state index contributed by atoms with van der Waals surface area (Å²) in [6, 6.07) is 21.1. The summed E-state index contributed by atoms with van der Waals surface area (Å²) in [5.41, 5.74) is 2.35. The Morgan fingerprint density at radius 1 is 0.667 bits per heavy atom. The Kier molecular flexibility index (Phi) is 7.73. The Hall–Kier alpha value is -2.55. The SMILES string of the molecule is CC(C)C[C@H]1C=C[C@H](CC(C)C)N(Cc2ccccc2)C(=O)N1Cc1ccccc1. The zero-order valence-corrected chi connectivity index (χ0v) is 18.9. The molecule has 0 saturated heterocycles. The van der Waals surface area contributed by atoms with Crippen molar-refractivity contribution in [2.75, 3.05) is 0 Å². The van der Waals surface area contributed by atoms with E-state index >= 15 is 0 Å². The topological polar surface area (TPSA) is 23.6 Å². The minimum Gasteiger partial charge on any atom is -0.314 e. The molecule has 3 nitrogen and oxygen atoms in total. The van der Waals surface area contributed by atoms with E-state index in [2.05, 4.69) is 73.9 Å².